The van der Waals surface area contributed by atoms with Gasteiger partial charge in [0.1, 0.15) is 11.6 Å². The molecule has 0 rings (SSSR count). The Labute approximate surface area is 130 Å². The molecule has 0 heterocycles. The maximum atomic E-state index is 10.6. The number of carboxylic acid groups (broad SMARTS) is 1. The van der Waals surface area contributed by atoms with Crippen molar-refractivity contribution >= 4 is 5.97 Å². The predicted octanol–water partition coefficient (Wildman–Crippen LogP) is 5.61. The van der Waals surface area contributed by atoms with Crippen LogP contribution in [0.2, 0.25) is 0 Å². The highest BCUT2D eigenvalue weighted by Crippen LogP contribution is 2.12. The maximum Gasteiger partial charge on any atom is 0.346 e. The van der Waals surface area contributed by atoms with Crippen molar-refractivity contribution in [1.29, 1.82) is 5.26 Å². The molecule has 0 spiro atoms. The smallest absolute Gasteiger partial charge is 0.346 e. The van der Waals surface area contributed by atoms with E-state index in [1.165, 1.54) is 64.2 Å². The Kier molecular flexibility index (Phi) is 14.2. The molecule has 3 heteroatoms. The first-order chi connectivity index (χ1) is 10.2. The molecule has 0 fully saturated rings. The van der Waals surface area contributed by atoms with Gasteiger partial charge in [0.05, 0.1) is 0 Å². The van der Waals surface area contributed by atoms with Gasteiger partial charge < -0.3 is 5.11 Å². The van der Waals surface area contributed by atoms with Crippen molar-refractivity contribution in [3.8, 4) is 6.07 Å². The van der Waals surface area contributed by atoms with Gasteiger partial charge in [0.25, 0.3) is 0 Å². The summed E-state index contributed by atoms with van der Waals surface area (Å²) in [6.07, 6.45) is 17.8. The van der Waals surface area contributed by atoms with Gasteiger partial charge in [0, 0.05) is 0 Å². The highest BCUT2D eigenvalue weighted by Gasteiger charge is 2.03. The number of nitrogens with zero attached hydrogens (tertiary/aromatic N) is 1. The van der Waals surface area contributed by atoms with Gasteiger partial charge in [0.2, 0.25) is 0 Å². The Morgan fingerprint density at radius 3 is 1.71 bits per heavy atom. The third kappa shape index (κ3) is 13.4. The molecular formula is C18H31NO2. The van der Waals surface area contributed by atoms with Crippen LogP contribution in [-0.2, 0) is 4.79 Å². The highest BCUT2D eigenvalue weighted by atomic mass is 16.4. The molecule has 0 amide bonds. The first kappa shape index (κ1) is 19.7. The average molecular weight is 293 g/mol. The molecule has 21 heavy (non-hydrogen) atoms. The van der Waals surface area contributed by atoms with Gasteiger partial charge in [0.15, 0.2) is 0 Å². The number of allylic oxidation sites excluding steroid dienone is 1. The Morgan fingerprint density at radius 2 is 1.33 bits per heavy atom. The second kappa shape index (κ2) is 15.1. The van der Waals surface area contributed by atoms with Gasteiger partial charge in [-0.05, 0) is 12.8 Å². The van der Waals surface area contributed by atoms with E-state index in [9.17, 15) is 4.79 Å². The summed E-state index contributed by atoms with van der Waals surface area (Å²) in [6, 6.07) is 1.71. The van der Waals surface area contributed by atoms with Crippen LogP contribution in [0.25, 0.3) is 0 Å². The highest BCUT2D eigenvalue weighted by molar-refractivity contribution is 5.90. The van der Waals surface area contributed by atoms with E-state index in [1.807, 2.05) is 0 Å². The molecule has 0 saturated carbocycles. The summed E-state index contributed by atoms with van der Waals surface area (Å²) < 4.78 is 0. The van der Waals surface area contributed by atoms with E-state index >= 15 is 0 Å². The van der Waals surface area contributed by atoms with Gasteiger partial charge in [-0.2, -0.15) is 5.26 Å². The topological polar surface area (TPSA) is 61.1 Å². The third-order valence-electron chi connectivity index (χ3n) is 3.76. The first-order valence-electron chi connectivity index (χ1n) is 8.56. The summed E-state index contributed by atoms with van der Waals surface area (Å²) in [7, 11) is 0. The maximum absolute atomic E-state index is 10.6. The molecule has 0 radical (unpaired) electrons. The van der Waals surface area contributed by atoms with Crippen molar-refractivity contribution in [2.24, 2.45) is 0 Å². The molecule has 0 aliphatic heterocycles. The molecule has 0 aromatic carbocycles. The van der Waals surface area contributed by atoms with Crippen LogP contribution in [-0.4, -0.2) is 11.1 Å². The number of aliphatic carboxylic acids is 1. The van der Waals surface area contributed by atoms with Crippen LogP contribution in [0.15, 0.2) is 11.6 Å². The molecule has 0 bridgehead atoms. The van der Waals surface area contributed by atoms with E-state index in [0.29, 0.717) is 6.42 Å². The molecule has 3 nitrogen and oxygen atoms in total. The van der Waals surface area contributed by atoms with Gasteiger partial charge in [-0.25, -0.2) is 4.79 Å². The summed E-state index contributed by atoms with van der Waals surface area (Å²) in [4.78, 5) is 10.6. The SMILES string of the molecule is CCCCCCCCCCCCCCC=C(C#N)C(=O)O. The molecule has 0 aliphatic rings. The van der Waals surface area contributed by atoms with E-state index < -0.39 is 5.97 Å². The van der Waals surface area contributed by atoms with Crippen molar-refractivity contribution in [2.45, 2.75) is 90.4 Å². The fourth-order valence-corrected chi connectivity index (χ4v) is 2.41. The molecule has 0 aromatic heterocycles. The summed E-state index contributed by atoms with van der Waals surface area (Å²) in [5.41, 5.74) is -0.127. The number of hydrogen-bond acceptors (Lipinski definition) is 2. The zero-order valence-electron chi connectivity index (χ0n) is 13.6. The number of carboxylic acids is 1. The zero-order chi connectivity index (χ0) is 15.8. The van der Waals surface area contributed by atoms with Crippen LogP contribution in [0.4, 0.5) is 0 Å². The normalized spacial score (nSPS) is 11.3. The average Bonchev–Trinajstić information content (AvgIpc) is 2.47. The first-order valence-corrected chi connectivity index (χ1v) is 8.56. The lowest BCUT2D eigenvalue weighted by Gasteiger charge is -2.02. The number of unbranched alkanes of at least 4 members (excludes halogenated alkanes) is 12. The van der Waals surface area contributed by atoms with E-state index in [4.69, 9.17) is 10.4 Å². The van der Waals surface area contributed by atoms with Crippen molar-refractivity contribution in [2.75, 3.05) is 0 Å². The molecule has 0 atom stereocenters. The number of rotatable bonds is 14. The summed E-state index contributed by atoms with van der Waals surface area (Å²) in [5.74, 6) is -1.11. The van der Waals surface area contributed by atoms with E-state index in [-0.39, 0.29) is 5.57 Å². The van der Waals surface area contributed by atoms with Gasteiger partial charge in [-0.1, -0.05) is 83.6 Å². The Bertz CT molecular complexity index is 329. The standard InChI is InChI=1S/C18H31NO2/c1-2-3-4-5-6-7-8-9-10-11-12-13-14-15-17(16-19)18(20)21/h15H,2-14H2,1H3,(H,20,21). The third-order valence-corrected chi connectivity index (χ3v) is 3.76. The van der Waals surface area contributed by atoms with Crippen LogP contribution in [0.5, 0.6) is 0 Å². The Morgan fingerprint density at radius 1 is 0.905 bits per heavy atom. The van der Waals surface area contributed by atoms with Crippen LogP contribution in [0.1, 0.15) is 90.4 Å². The van der Waals surface area contributed by atoms with Crippen molar-refractivity contribution in [1.82, 2.24) is 0 Å². The molecule has 0 aliphatic carbocycles. The van der Waals surface area contributed by atoms with Crippen molar-refractivity contribution in [3.63, 3.8) is 0 Å². The minimum Gasteiger partial charge on any atom is -0.477 e. The van der Waals surface area contributed by atoms with Crippen LogP contribution >= 0.6 is 0 Å². The molecular weight excluding hydrogens is 262 g/mol. The number of hydrogen-bond donors (Lipinski definition) is 1. The van der Waals surface area contributed by atoms with Crippen molar-refractivity contribution in [3.05, 3.63) is 11.6 Å². The largest absolute Gasteiger partial charge is 0.477 e. The fraction of sp³-hybridized carbons (Fsp3) is 0.778. The Hall–Kier alpha value is -1.30. The molecule has 1 N–H and O–H groups in total. The van der Waals surface area contributed by atoms with Crippen molar-refractivity contribution < 1.29 is 9.90 Å². The quantitative estimate of drug-likeness (QED) is 0.257. The summed E-state index contributed by atoms with van der Waals surface area (Å²) in [5, 5.41) is 17.3. The monoisotopic (exact) mass is 293 g/mol. The number of carbonyl (C=O) groups is 1. The Balaban J connectivity index is 3.26. The second-order valence-electron chi connectivity index (χ2n) is 5.71. The van der Waals surface area contributed by atoms with Gasteiger partial charge >= 0.3 is 5.97 Å². The van der Waals surface area contributed by atoms with Crippen LogP contribution in [0.3, 0.4) is 0 Å². The molecule has 0 saturated heterocycles. The minimum absolute atomic E-state index is 0.127. The minimum atomic E-state index is -1.11. The molecule has 0 unspecified atom stereocenters. The van der Waals surface area contributed by atoms with E-state index in [0.717, 1.165) is 12.8 Å². The molecule has 0 aromatic rings. The van der Waals surface area contributed by atoms with Gasteiger partial charge in [-0.15, -0.1) is 0 Å². The summed E-state index contributed by atoms with van der Waals surface area (Å²) >= 11 is 0. The fourth-order valence-electron chi connectivity index (χ4n) is 2.41. The molecule has 120 valence electrons. The van der Waals surface area contributed by atoms with Crippen LogP contribution < -0.4 is 0 Å². The lowest BCUT2D eigenvalue weighted by Crippen LogP contribution is -1.97. The second-order valence-corrected chi connectivity index (χ2v) is 5.71. The van der Waals surface area contributed by atoms with E-state index in [1.54, 1.807) is 12.1 Å². The lowest BCUT2D eigenvalue weighted by molar-refractivity contribution is -0.132. The number of nitriles is 1. The van der Waals surface area contributed by atoms with Gasteiger partial charge in [-0.3, -0.25) is 0 Å². The van der Waals surface area contributed by atoms with Crippen LogP contribution in [0, 0.1) is 11.3 Å². The lowest BCUT2D eigenvalue weighted by atomic mass is 10.0. The van der Waals surface area contributed by atoms with E-state index in [2.05, 4.69) is 6.92 Å². The summed E-state index contributed by atoms with van der Waals surface area (Å²) in [6.45, 7) is 2.25. The predicted molar refractivity (Wildman–Crippen MR) is 87.0 cm³/mol. The zero-order valence-corrected chi connectivity index (χ0v) is 13.6.